The molecule has 0 saturated carbocycles. The first-order valence-corrected chi connectivity index (χ1v) is 8.10. The van der Waals surface area contributed by atoms with Gasteiger partial charge in [-0.1, -0.05) is 13.8 Å². The van der Waals surface area contributed by atoms with Crippen LogP contribution in [0, 0.1) is 0 Å². The minimum absolute atomic E-state index is 0.0291. The smallest absolute Gasteiger partial charge is 0.239 e. The summed E-state index contributed by atoms with van der Waals surface area (Å²) in [7, 11) is 1.77. The molecule has 0 aromatic heterocycles. The maximum atomic E-state index is 11.6. The molecule has 1 saturated heterocycles. The maximum Gasteiger partial charge on any atom is 0.239 e. The van der Waals surface area contributed by atoms with E-state index in [9.17, 15) is 4.79 Å². The van der Waals surface area contributed by atoms with Crippen LogP contribution in [0.2, 0.25) is 0 Å². The monoisotopic (exact) mass is 286 g/mol. The maximum absolute atomic E-state index is 11.6. The van der Waals surface area contributed by atoms with Crippen LogP contribution in [0.1, 0.15) is 26.7 Å². The molecule has 1 fully saturated rings. The summed E-state index contributed by atoms with van der Waals surface area (Å²) in [5.41, 5.74) is 0. The van der Waals surface area contributed by atoms with Crippen LogP contribution in [-0.2, 0) is 4.79 Å². The van der Waals surface area contributed by atoms with Gasteiger partial charge < -0.3 is 15.5 Å². The zero-order valence-corrected chi connectivity index (χ0v) is 13.1. The second kappa shape index (κ2) is 9.07. The van der Waals surface area contributed by atoms with Crippen LogP contribution in [0.5, 0.6) is 0 Å². The second-order valence-corrected chi connectivity index (χ2v) is 6.01. The Balaban J connectivity index is 2.38. The van der Waals surface area contributed by atoms with Crippen molar-refractivity contribution in [1.29, 1.82) is 0 Å². The molecule has 1 atom stereocenters. The lowest BCUT2D eigenvalue weighted by Gasteiger charge is -2.34. The van der Waals surface area contributed by atoms with E-state index in [0.29, 0.717) is 11.8 Å². The molecular formula is C13H26N4OS. The Kier molecular flexibility index (Phi) is 7.70. The highest BCUT2D eigenvalue weighted by atomic mass is 32.2. The standard InChI is InChI=1S/C13H26N4OS/c1-4-6-15-12(18)9-16-13(14-3)17-7-8-19-11(5-2)10-17/h11H,4-10H2,1-3H3,(H,14,16)(H,15,18). The van der Waals surface area contributed by atoms with Crippen LogP contribution < -0.4 is 10.6 Å². The topological polar surface area (TPSA) is 56.7 Å². The molecule has 2 N–H and O–H groups in total. The van der Waals surface area contributed by atoms with E-state index in [-0.39, 0.29) is 5.91 Å². The Morgan fingerprint density at radius 3 is 2.84 bits per heavy atom. The van der Waals surface area contributed by atoms with Gasteiger partial charge in [-0.3, -0.25) is 9.79 Å². The number of aliphatic imine (C=N–C) groups is 1. The molecule has 1 heterocycles. The number of hydrogen-bond donors (Lipinski definition) is 2. The lowest BCUT2D eigenvalue weighted by atomic mass is 10.3. The van der Waals surface area contributed by atoms with Crippen LogP contribution >= 0.6 is 11.8 Å². The fourth-order valence-corrected chi connectivity index (χ4v) is 3.16. The van der Waals surface area contributed by atoms with Gasteiger partial charge in [0.25, 0.3) is 0 Å². The lowest BCUT2D eigenvalue weighted by molar-refractivity contribution is -0.120. The van der Waals surface area contributed by atoms with E-state index in [1.807, 2.05) is 18.7 Å². The molecule has 0 bridgehead atoms. The second-order valence-electron chi connectivity index (χ2n) is 4.60. The van der Waals surface area contributed by atoms with Crippen molar-refractivity contribution < 1.29 is 4.79 Å². The van der Waals surface area contributed by atoms with E-state index in [2.05, 4.69) is 27.4 Å². The summed E-state index contributed by atoms with van der Waals surface area (Å²) in [6.45, 7) is 7.30. The Labute approximate surface area is 120 Å². The first kappa shape index (κ1) is 16.1. The van der Waals surface area contributed by atoms with Crippen molar-refractivity contribution in [3.63, 3.8) is 0 Å². The van der Waals surface area contributed by atoms with Crippen molar-refractivity contribution in [3.05, 3.63) is 0 Å². The van der Waals surface area contributed by atoms with Gasteiger partial charge in [-0.2, -0.15) is 11.8 Å². The van der Waals surface area contributed by atoms with Crippen molar-refractivity contribution in [2.24, 2.45) is 4.99 Å². The number of carbonyl (C=O) groups is 1. The highest BCUT2D eigenvalue weighted by molar-refractivity contribution is 8.00. The SMILES string of the molecule is CCCNC(=O)CNC(=NC)N1CCSC(CC)C1. The lowest BCUT2D eigenvalue weighted by Crippen LogP contribution is -2.50. The molecular weight excluding hydrogens is 260 g/mol. The quantitative estimate of drug-likeness (QED) is 0.583. The van der Waals surface area contributed by atoms with E-state index in [0.717, 1.165) is 37.8 Å². The van der Waals surface area contributed by atoms with Gasteiger partial charge in [-0.15, -0.1) is 0 Å². The number of amides is 1. The first-order valence-electron chi connectivity index (χ1n) is 7.05. The fraction of sp³-hybridized carbons (Fsp3) is 0.846. The molecule has 5 nitrogen and oxygen atoms in total. The van der Waals surface area contributed by atoms with Gasteiger partial charge in [-0.05, 0) is 12.8 Å². The number of nitrogens with one attached hydrogen (secondary N) is 2. The van der Waals surface area contributed by atoms with Crippen molar-refractivity contribution in [2.45, 2.75) is 31.9 Å². The molecule has 1 amide bonds. The molecule has 1 rings (SSSR count). The number of hydrogen-bond acceptors (Lipinski definition) is 3. The largest absolute Gasteiger partial charge is 0.355 e. The van der Waals surface area contributed by atoms with E-state index in [4.69, 9.17) is 0 Å². The summed E-state index contributed by atoms with van der Waals surface area (Å²) in [4.78, 5) is 18.1. The molecule has 110 valence electrons. The minimum atomic E-state index is 0.0291. The van der Waals surface area contributed by atoms with Gasteiger partial charge in [0.2, 0.25) is 5.91 Å². The molecule has 0 aromatic rings. The molecule has 1 aliphatic heterocycles. The van der Waals surface area contributed by atoms with E-state index < -0.39 is 0 Å². The van der Waals surface area contributed by atoms with Gasteiger partial charge in [0.05, 0.1) is 6.54 Å². The molecule has 19 heavy (non-hydrogen) atoms. The van der Waals surface area contributed by atoms with Crippen LogP contribution in [0.25, 0.3) is 0 Å². The first-order chi connectivity index (χ1) is 9.21. The van der Waals surface area contributed by atoms with E-state index in [1.54, 1.807) is 7.05 Å². The fourth-order valence-electron chi connectivity index (χ4n) is 1.98. The molecule has 0 aliphatic carbocycles. The number of nitrogens with zero attached hydrogens (tertiary/aromatic N) is 2. The van der Waals surface area contributed by atoms with Crippen molar-refractivity contribution in [3.8, 4) is 0 Å². The normalized spacial score (nSPS) is 20.3. The van der Waals surface area contributed by atoms with Crippen LogP contribution in [0.15, 0.2) is 4.99 Å². The number of rotatable bonds is 5. The average molecular weight is 286 g/mol. The minimum Gasteiger partial charge on any atom is -0.355 e. The molecule has 1 aliphatic rings. The summed E-state index contributed by atoms with van der Waals surface area (Å²) in [6.07, 6.45) is 2.14. The number of guanidine groups is 1. The summed E-state index contributed by atoms with van der Waals surface area (Å²) < 4.78 is 0. The van der Waals surface area contributed by atoms with E-state index in [1.165, 1.54) is 6.42 Å². The van der Waals surface area contributed by atoms with Gasteiger partial charge in [-0.25, -0.2) is 0 Å². The zero-order chi connectivity index (χ0) is 14.1. The Morgan fingerprint density at radius 2 is 2.21 bits per heavy atom. The predicted molar refractivity (Wildman–Crippen MR) is 82.8 cm³/mol. The van der Waals surface area contributed by atoms with Crippen LogP contribution in [0.3, 0.4) is 0 Å². The van der Waals surface area contributed by atoms with Crippen LogP contribution in [0.4, 0.5) is 0 Å². The molecule has 1 unspecified atom stereocenters. The molecule has 6 heteroatoms. The Hall–Kier alpha value is -0.910. The van der Waals surface area contributed by atoms with Gasteiger partial charge in [0.15, 0.2) is 5.96 Å². The predicted octanol–water partition coefficient (Wildman–Crippen LogP) is 0.915. The van der Waals surface area contributed by atoms with Crippen molar-refractivity contribution in [1.82, 2.24) is 15.5 Å². The van der Waals surface area contributed by atoms with Crippen LogP contribution in [-0.4, -0.2) is 61.0 Å². The zero-order valence-electron chi connectivity index (χ0n) is 12.2. The third-order valence-electron chi connectivity index (χ3n) is 3.08. The summed E-state index contributed by atoms with van der Waals surface area (Å²) in [6, 6.07) is 0. The molecule has 0 aromatic carbocycles. The molecule has 0 radical (unpaired) electrons. The van der Waals surface area contributed by atoms with Gasteiger partial charge in [0.1, 0.15) is 0 Å². The highest BCUT2D eigenvalue weighted by Crippen LogP contribution is 2.20. The summed E-state index contributed by atoms with van der Waals surface area (Å²) >= 11 is 2.03. The third-order valence-corrected chi connectivity index (χ3v) is 4.46. The van der Waals surface area contributed by atoms with E-state index >= 15 is 0 Å². The summed E-state index contributed by atoms with van der Waals surface area (Å²) in [5.74, 6) is 1.99. The highest BCUT2D eigenvalue weighted by Gasteiger charge is 2.21. The number of thioether (sulfide) groups is 1. The number of carbonyl (C=O) groups excluding carboxylic acids is 1. The molecule has 0 spiro atoms. The van der Waals surface area contributed by atoms with Gasteiger partial charge in [0, 0.05) is 37.7 Å². The Morgan fingerprint density at radius 1 is 1.42 bits per heavy atom. The van der Waals surface area contributed by atoms with Gasteiger partial charge >= 0.3 is 0 Å². The Bertz CT molecular complexity index is 309. The summed E-state index contributed by atoms with van der Waals surface area (Å²) in [5, 5.41) is 6.67. The van der Waals surface area contributed by atoms with Crippen molar-refractivity contribution in [2.75, 3.05) is 39.0 Å². The average Bonchev–Trinajstić information content (AvgIpc) is 2.46. The van der Waals surface area contributed by atoms with Crippen molar-refractivity contribution >= 4 is 23.6 Å². The third kappa shape index (κ3) is 5.72.